The van der Waals surface area contributed by atoms with Crippen LogP contribution in [0.1, 0.15) is 29.8 Å². The van der Waals surface area contributed by atoms with Crippen molar-refractivity contribution in [2.75, 3.05) is 19.1 Å². The zero-order valence-corrected chi connectivity index (χ0v) is 21.7. The standard InChI is InChI=1S/C25H20FNO5S3/c1-25(2)20(33)17(24-34-18(22(29)31-3)19(35-24)23(30)32-4)14-10-6-8-12-16(14)27(25)21(28)13-9-5-7-11-15(13)26/h5-12H,1-4H3. The largest absolute Gasteiger partial charge is 0.465 e. The molecule has 0 saturated carbocycles. The van der Waals surface area contributed by atoms with E-state index < -0.39 is 29.2 Å². The highest BCUT2D eigenvalue weighted by Gasteiger charge is 2.46. The van der Waals surface area contributed by atoms with Crippen molar-refractivity contribution in [1.82, 2.24) is 0 Å². The lowest BCUT2D eigenvalue weighted by molar-refractivity contribution is -0.138. The zero-order chi connectivity index (χ0) is 25.5. The van der Waals surface area contributed by atoms with Crippen LogP contribution >= 0.6 is 35.7 Å². The molecule has 180 valence electrons. The van der Waals surface area contributed by atoms with Gasteiger partial charge < -0.3 is 9.47 Å². The average Bonchev–Trinajstić information content (AvgIpc) is 3.28. The van der Waals surface area contributed by atoms with E-state index in [0.717, 1.165) is 23.5 Å². The molecule has 2 aromatic rings. The van der Waals surface area contributed by atoms with E-state index in [1.54, 1.807) is 44.2 Å². The number of para-hydroxylation sites is 1. The monoisotopic (exact) mass is 529 g/mol. The number of thiocarbonyl (C=S) groups is 1. The van der Waals surface area contributed by atoms with Gasteiger partial charge in [-0.25, -0.2) is 14.0 Å². The molecule has 0 fully saturated rings. The highest BCUT2D eigenvalue weighted by atomic mass is 32.2. The van der Waals surface area contributed by atoms with E-state index in [9.17, 15) is 18.8 Å². The number of hydrogen-bond acceptors (Lipinski definition) is 8. The average molecular weight is 530 g/mol. The molecule has 0 unspecified atom stereocenters. The Morgan fingerprint density at radius 2 is 1.46 bits per heavy atom. The summed E-state index contributed by atoms with van der Waals surface area (Å²) in [4.78, 5) is 40.5. The third-order valence-electron chi connectivity index (χ3n) is 5.60. The minimum absolute atomic E-state index is 0.0680. The lowest BCUT2D eigenvalue weighted by Gasteiger charge is -2.45. The quantitative estimate of drug-likeness (QED) is 0.300. The minimum Gasteiger partial charge on any atom is -0.465 e. The van der Waals surface area contributed by atoms with Crippen LogP contribution in [-0.2, 0) is 19.1 Å². The van der Waals surface area contributed by atoms with Crippen LogP contribution in [0.3, 0.4) is 0 Å². The summed E-state index contributed by atoms with van der Waals surface area (Å²) < 4.78 is 24.9. The summed E-state index contributed by atoms with van der Waals surface area (Å²) in [5, 5.41) is 0. The molecular weight excluding hydrogens is 509 g/mol. The predicted octanol–water partition coefficient (Wildman–Crippen LogP) is 5.34. The Hall–Kier alpha value is -2.95. The maximum Gasteiger partial charge on any atom is 0.346 e. The van der Waals surface area contributed by atoms with Crippen molar-refractivity contribution in [2.45, 2.75) is 19.4 Å². The number of amides is 1. The van der Waals surface area contributed by atoms with Crippen molar-refractivity contribution in [3.8, 4) is 0 Å². The van der Waals surface area contributed by atoms with Gasteiger partial charge in [0.25, 0.3) is 5.91 Å². The zero-order valence-electron chi connectivity index (χ0n) is 19.2. The molecule has 0 N–H and O–H groups in total. The van der Waals surface area contributed by atoms with Crippen molar-refractivity contribution < 1.29 is 28.2 Å². The van der Waals surface area contributed by atoms with Gasteiger partial charge in [0, 0.05) is 11.1 Å². The third-order valence-corrected chi connectivity index (χ3v) is 8.87. The Labute approximate surface area is 215 Å². The number of carbonyl (C=O) groups is 3. The maximum atomic E-state index is 14.6. The molecule has 2 aliphatic rings. The fourth-order valence-electron chi connectivity index (χ4n) is 3.89. The lowest BCUT2D eigenvalue weighted by atomic mass is 9.83. The second-order valence-corrected chi connectivity index (χ2v) is 10.7. The first-order valence-electron chi connectivity index (χ1n) is 10.4. The van der Waals surface area contributed by atoms with Crippen LogP contribution in [0.15, 0.2) is 62.6 Å². The predicted molar refractivity (Wildman–Crippen MR) is 139 cm³/mol. The smallest absolute Gasteiger partial charge is 0.346 e. The SMILES string of the molecule is COC(=O)C1=C(C(=O)OC)SC(=C2C(=S)C(C)(C)N(C(=O)c3ccccc3F)c3ccccc32)S1. The van der Waals surface area contributed by atoms with Crippen molar-refractivity contribution in [3.63, 3.8) is 0 Å². The molecule has 2 aliphatic heterocycles. The number of methoxy groups -OCH3 is 2. The number of halogens is 1. The van der Waals surface area contributed by atoms with Gasteiger partial charge in [0.15, 0.2) is 0 Å². The van der Waals surface area contributed by atoms with Crippen molar-refractivity contribution in [1.29, 1.82) is 0 Å². The number of benzene rings is 2. The Kier molecular flexibility index (Phi) is 6.90. The van der Waals surface area contributed by atoms with E-state index in [1.807, 2.05) is 0 Å². The molecule has 35 heavy (non-hydrogen) atoms. The molecule has 0 spiro atoms. The van der Waals surface area contributed by atoms with Crippen molar-refractivity contribution in [3.05, 3.63) is 79.5 Å². The van der Waals surface area contributed by atoms with Gasteiger partial charge in [-0.1, -0.05) is 66.1 Å². The number of thioether (sulfide) groups is 2. The molecule has 4 rings (SSSR count). The van der Waals surface area contributed by atoms with Crippen LogP contribution in [0.5, 0.6) is 0 Å². The molecule has 1 amide bonds. The summed E-state index contributed by atoms with van der Waals surface area (Å²) in [6, 6.07) is 12.9. The molecule has 2 heterocycles. The van der Waals surface area contributed by atoms with E-state index >= 15 is 0 Å². The summed E-state index contributed by atoms with van der Waals surface area (Å²) in [7, 11) is 2.47. The fraction of sp³-hybridized carbons (Fsp3) is 0.200. The molecular formula is C25H20FNO5S3. The maximum absolute atomic E-state index is 14.6. The highest BCUT2D eigenvalue weighted by Crippen LogP contribution is 2.56. The van der Waals surface area contributed by atoms with Gasteiger partial charge >= 0.3 is 11.9 Å². The first-order valence-corrected chi connectivity index (χ1v) is 12.4. The summed E-state index contributed by atoms with van der Waals surface area (Å²) in [6.45, 7) is 3.56. The Bertz CT molecular complexity index is 1320. The van der Waals surface area contributed by atoms with E-state index in [-0.39, 0.29) is 15.4 Å². The number of fused-ring (bicyclic) bond motifs is 1. The van der Waals surface area contributed by atoms with Gasteiger partial charge in [-0.15, -0.1) is 0 Å². The number of ether oxygens (including phenoxy) is 2. The van der Waals surface area contributed by atoms with Crippen molar-refractivity contribution >= 4 is 69.7 Å². The van der Waals surface area contributed by atoms with E-state index in [2.05, 4.69) is 0 Å². The molecule has 0 saturated heterocycles. The molecule has 0 radical (unpaired) electrons. The van der Waals surface area contributed by atoms with Crippen LogP contribution in [0.25, 0.3) is 5.57 Å². The summed E-state index contributed by atoms with van der Waals surface area (Å²) >= 11 is 8.05. The van der Waals surface area contributed by atoms with Gasteiger partial charge in [0.05, 0.1) is 40.1 Å². The lowest BCUT2D eigenvalue weighted by Crippen LogP contribution is -2.56. The highest BCUT2D eigenvalue weighted by molar-refractivity contribution is 8.29. The number of hydrogen-bond donors (Lipinski definition) is 0. The third kappa shape index (κ3) is 4.19. The van der Waals surface area contributed by atoms with Gasteiger partial charge in [0.2, 0.25) is 0 Å². The van der Waals surface area contributed by atoms with Crippen LogP contribution in [-0.4, -0.2) is 42.5 Å². The first kappa shape index (κ1) is 25.2. The van der Waals surface area contributed by atoms with E-state index in [4.69, 9.17) is 21.7 Å². The van der Waals surface area contributed by atoms with E-state index in [0.29, 0.717) is 25.9 Å². The Morgan fingerprint density at radius 3 is 2.03 bits per heavy atom. The second-order valence-electron chi connectivity index (χ2n) is 8.03. The molecule has 0 aliphatic carbocycles. The van der Waals surface area contributed by atoms with E-state index in [1.165, 1.54) is 37.3 Å². The van der Waals surface area contributed by atoms with Gasteiger partial charge in [-0.05, 0) is 32.0 Å². The van der Waals surface area contributed by atoms with Gasteiger partial charge in [-0.2, -0.15) is 0 Å². The summed E-state index contributed by atoms with van der Waals surface area (Å²) in [5.74, 6) is -2.48. The van der Waals surface area contributed by atoms with Crippen LogP contribution in [0, 0.1) is 5.82 Å². The number of carbonyl (C=O) groups excluding carboxylic acids is 3. The molecule has 10 heteroatoms. The molecule has 6 nitrogen and oxygen atoms in total. The molecule has 0 bridgehead atoms. The normalized spacial score (nSPS) is 16.8. The van der Waals surface area contributed by atoms with Crippen LogP contribution in [0.4, 0.5) is 10.1 Å². The fourth-order valence-corrected chi connectivity index (χ4v) is 6.92. The topological polar surface area (TPSA) is 72.9 Å². The Morgan fingerprint density at radius 1 is 0.914 bits per heavy atom. The van der Waals surface area contributed by atoms with Gasteiger partial charge in [-0.3, -0.25) is 9.69 Å². The number of anilines is 1. The number of rotatable bonds is 3. The minimum atomic E-state index is -1.04. The molecule has 0 aromatic heterocycles. The number of esters is 2. The summed E-state index contributed by atoms with van der Waals surface area (Å²) in [6.07, 6.45) is 0. The summed E-state index contributed by atoms with van der Waals surface area (Å²) in [5.41, 5.74) is 0.683. The first-order chi connectivity index (χ1) is 16.6. The van der Waals surface area contributed by atoms with Crippen LogP contribution < -0.4 is 4.90 Å². The van der Waals surface area contributed by atoms with Gasteiger partial charge in [0.1, 0.15) is 15.6 Å². The second kappa shape index (κ2) is 9.60. The molecule has 2 aromatic carbocycles. The molecule has 0 atom stereocenters. The Balaban J connectivity index is 1.90. The van der Waals surface area contributed by atoms with Crippen molar-refractivity contribution in [2.24, 2.45) is 0 Å². The van der Waals surface area contributed by atoms with Crippen LogP contribution in [0.2, 0.25) is 0 Å². The number of nitrogens with zero attached hydrogens (tertiary/aromatic N) is 1.